The van der Waals surface area contributed by atoms with Crippen LogP contribution in [0, 0.1) is 0 Å². The van der Waals surface area contributed by atoms with Gasteiger partial charge in [-0.2, -0.15) is 0 Å². The van der Waals surface area contributed by atoms with Crippen LogP contribution in [0.15, 0.2) is 43.5 Å². The third-order valence-corrected chi connectivity index (χ3v) is 1.73. The van der Waals surface area contributed by atoms with Crippen LogP contribution in [0.25, 0.3) is 5.57 Å². The lowest BCUT2D eigenvalue weighted by Gasteiger charge is -2.02. The Morgan fingerprint density at radius 1 is 1.25 bits per heavy atom. The normalized spacial score (nSPS) is 8.44. The zero-order valence-electron chi connectivity index (χ0n) is 10.1. The van der Waals surface area contributed by atoms with E-state index in [0.717, 1.165) is 17.2 Å². The average Bonchev–Trinajstić information content (AvgIpc) is 2.32. The second-order valence-corrected chi connectivity index (χ2v) is 2.93. The first-order chi connectivity index (χ1) is 7.63. The van der Waals surface area contributed by atoms with Gasteiger partial charge in [-0.25, -0.2) is 4.79 Å². The van der Waals surface area contributed by atoms with E-state index in [1.807, 2.05) is 32.9 Å². The van der Waals surface area contributed by atoms with E-state index < -0.39 is 5.97 Å². The highest BCUT2D eigenvalue weighted by Crippen LogP contribution is 2.16. The van der Waals surface area contributed by atoms with Crippen molar-refractivity contribution >= 4 is 11.5 Å². The van der Waals surface area contributed by atoms with Crippen molar-refractivity contribution in [3.63, 3.8) is 0 Å². The zero-order valence-corrected chi connectivity index (χ0v) is 10.1. The number of esters is 1. The van der Waals surface area contributed by atoms with E-state index in [9.17, 15) is 4.79 Å². The van der Waals surface area contributed by atoms with Gasteiger partial charge >= 0.3 is 5.97 Å². The molecule has 86 valence electrons. The van der Waals surface area contributed by atoms with E-state index in [4.69, 9.17) is 4.74 Å². The first-order valence-electron chi connectivity index (χ1n) is 5.23. The summed E-state index contributed by atoms with van der Waals surface area (Å²) in [6, 6.07) is 7.17. The van der Waals surface area contributed by atoms with Gasteiger partial charge in [0.25, 0.3) is 0 Å². The minimum atomic E-state index is -0.451. The number of hydrogen-bond acceptors (Lipinski definition) is 2. The van der Waals surface area contributed by atoms with Crippen molar-refractivity contribution in [2.24, 2.45) is 0 Å². The number of ether oxygens (including phenoxy) is 1. The molecule has 0 amide bonds. The molecule has 0 N–H and O–H groups in total. The summed E-state index contributed by atoms with van der Waals surface area (Å²) in [4.78, 5) is 10.8. The molecule has 0 aliphatic rings. The summed E-state index contributed by atoms with van der Waals surface area (Å²) in [5.41, 5.74) is 2.01. The van der Waals surface area contributed by atoms with E-state index in [1.54, 1.807) is 12.1 Å². The summed E-state index contributed by atoms with van der Waals surface area (Å²) in [6.45, 7) is 13.0. The van der Waals surface area contributed by atoms with Crippen LogP contribution >= 0.6 is 0 Å². The molecule has 16 heavy (non-hydrogen) atoms. The van der Waals surface area contributed by atoms with Crippen molar-refractivity contribution in [3.05, 3.63) is 49.1 Å². The SMILES string of the molecule is C=CC(=O)Oc1ccc(C(=C)C)cc1.CC. The molecule has 0 aromatic heterocycles. The predicted octanol–water partition coefficient (Wildman–Crippen LogP) is 3.84. The molecule has 1 rings (SSSR count). The van der Waals surface area contributed by atoms with Crippen LogP contribution in [-0.4, -0.2) is 5.97 Å². The summed E-state index contributed by atoms with van der Waals surface area (Å²) in [5.74, 6) is 0.0629. The number of allylic oxidation sites excluding steroid dienone is 1. The van der Waals surface area contributed by atoms with E-state index in [2.05, 4.69) is 13.2 Å². The maximum absolute atomic E-state index is 10.8. The summed E-state index contributed by atoms with van der Waals surface area (Å²) < 4.78 is 4.91. The Morgan fingerprint density at radius 3 is 2.12 bits per heavy atom. The van der Waals surface area contributed by atoms with Gasteiger partial charge in [-0.15, -0.1) is 0 Å². The molecule has 2 nitrogen and oxygen atoms in total. The molecule has 0 spiro atoms. The highest BCUT2D eigenvalue weighted by atomic mass is 16.5. The van der Waals surface area contributed by atoms with Gasteiger partial charge in [-0.3, -0.25) is 0 Å². The fourth-order valence-electron chi connectivity index (χ4n) is 0.965. The standard InChI is InChI=1S/C12H12O2.C2H6/c1-4-12(13)14-11-7-5-10(6-8-11)9(2)3;1-2/h4-8H,1-2H2,3H3;1-2H3. The largest absolute Gasteiger partial charge is 0.423 e. The number of carbonyl (C=O) groups excluding carboxylic acids is 1. The van der Waals surface area contributed by atoms with E-state index in [-0.39, 0.29) is 0 Å². The quantitative estimate of drug-likeness (QED) is 0.438. The molecule has 0 heterocycles. The Morgan fingerprint density at radius 2 is 1.75 bits per heavy atom. The Bertz CT molecular complexity index is 361. The molecule has 0 fully saturated rings. The van der Waals surface area contributed by atoms with Gasteiger partial charge in [-0.1, -0.05) is 44.7 Å². The van der Waals surface area contributed by atoms with Crippen molar-refractivity contribution in [1.29, 1.82) is 0 Å². The first kappa shape index (κ1) is 14.2. The van der Waals surface area contributed by atoms with Crippen molar-refractivity contribution in [1.82, 2.24) is 0 Å². The summed E-state index contributed by atoms with van der Waals surface area (Å²) in [5, 5.41) is 0. The van der Waals surface area contributed by atoms with Crippen LogP contribution in [0.5, 0.6) is 5.75 Å². The van der Waals surface area contributed by atoms with Crippen molar-refractivity contribution in [3.8, 4) is 5.75 Å². The Kier molecular flexibility index (Phi) is 6.61. The number of carbonyl (C=O) groups is 1. The van der Waals surface area contributed by atoms with E-state index in [0.29, 0.717) is 5.75 Å². The third kappa shape index (κ3) is 4.60. The van der Waals surface area contributed by atoms with Crippen LogP contribution in [0.3, 0.4) is 0 Å². The van der Waals surface area contributed by atoms with Crippen LogP contribution in [-0.2, 0) is 4.79 Å². The summed E-state index contributed by atoms with van der Waals surface area (Å²) in [7, 11) is 0. The highest BCUT2D eigenvalue weighted by Gasteiger charge is 1.99. The van der Waals surface area contributed by atoms with Crippen LogP contribution in [0.4, 0.5) is 0 Å². The van der Waals surface area contributed by atoms with Crippen molar-refractivity contribution < 1.29 is 9.53 Å². The fraction of sp³-hybridized carbons (Fsp3) is 0.214. The van der Waals surface area contributed by atoms with Crippen LogP contribution < -0.4 is 4.74 Å². The van der Waals surface area contributed by atoms with Gasteiger partial charge in [0.15, 0.2) is 0 Å². The average molecular weight is 218 g/mol. The van der Waals surface area contributed by atoms with Crippen LogP contribution in [0.1, 0.15) is 26.3 Å². The molecule has 0 atom stereocenters. The number of hydrogen-bond donors (Lipinski definition) is 0. The fourth-order valence-corrected chi connectivity index (χ4v) is 0.965. The number of rotatable bonds is 3. The van der Waals surface area contributed by atoms with E-state index >= 15 is 0 Å². The summed E-state index contributed by atoms with van der Waals surface area (Å²) in [6.07, 6.45) is 1.13. The topological polar surface area (TPSA) is 26.3 Å². The molecule has 0 aliphatic carbocycles. The number of benzene rings is 1. The molecular formula is C14H18O2. The molecule has 0 saturated carbocycles. The lowest BCUT2D eigenvalue weighted by molar-refractivity contribution is -0.128. The lowest BCUT2D eigenvalue weighted by atomic mass is 10.1. The molecule has 0 unspecified atom stereocenters. The Labute approximate surface area is 97.3 Å². The van der Waals surface area contributed by atoms with Gasteiger partial charge in [-0.05, 0) is 24.6 Å². The van der Waals surface area contributed by atoms with Gasteiger partial charge in [0.2, 0.25) is 0 Å². The second kappa shape index (κ2) is 7.46. The maximum atomic E-state index is 10.8. The molecule has 0 radical (unpaired) electrons. The van der Waals surface area contributed by atoms with Gasteiger partial charge in [0.1, 0.15) is 5.75 Å². The van der Waals surface area contributed by atoms with Crippen molar-refractivity contribution in [2.75, 3.05) is 0 Å². The molecule has 1 aromatic carbocycles. The zero-order chi connectivity index (χ0) is 12.6. The third-order valence-electron chi connectivity index (χ3n) is 1.73. The predicted molar refractivity (Wildman–Crippen MR) is 68.3 cm³/mol. The van der Waals surface area contributed by atoms with Crippen molar-refractivity contribution in [2.45, 2.75) is 20.8 Å². The molecular weight excluding hydrogens is 200 g/mol. The maximum Gasteiger partial charge on any atom is 0.335 e. The molecule has 1 aromatic rings. The Balaban J connectivity index is 0.00000106. The highest BCUT2D eigenvalue weighted by molar-refractivity contribution is 5.83. The molecule has 0 saturated heterocycles. The molecule has 0 bridgehead atoms. The lowest BCUT2D eigenvalue weighted by Crippen LogP contribution is -2.02. The first-order valence-corrected chi connectivity index (χ1v) is 5.23. The molecule has 2 heteroatoms. The van der Waals surface area contributed by atoms with E-state index in [1.165, 1.54) is 0 Å². The van der Waals surface area contributed by atoms with Gasteiger partial charge in [0.05, 0.1) is 0 Å². The summed E-state index contributed by atoms with van der Waals surface area (Å²) >= 11 is 0. The van der Waals surface area contributed by atoms with Gasteiger partial charge < -0.3 is 4.74 Å². The minimum absolute atomic E-state index is 0.451. The van der Waals surface area contributed by atoms with Gasteiger partial charge in [0, 0.05) is 6.08 Å². The second-order valence-electron chi connectivity index (χ2n) is 2.93. The molecule has 0 aliphatic heterocycles. The monoisotopic (exact) mass is 218 g/mol. The smallest absolute Gasteiger partial charge is 0.335 e. The van der Waals surface area contributed by atoms with Crippen LogP contribution in [0.2, 0.25) is 0 Å². The minimum Gasteiger partial charge on any atom is -0.423 e. The Hall–Kier alpha value is -1.83.